The number of hydrogen-bond donors (Lipinski definition) is 1. The summed E-state index contributed by atoms with van der Waals surface area (Å²) in [6.45, 7) is 1.70. The van der Waals surface area contributed by atoms with Crippen molar-refractivity contribution < 1.29 is 26.3 Å². The first-order chi connectivity index (χ1) is 14.1. The lowest BCUT2D eigenvalue weighted by molar-refractivity contribution is -0.698. The largest absolute Gasteiger partial charge is 1.00 e. The zero-order valence-corrected chi connectivity index (χ0v) is 19.6. The third kappa shape index (κ3) is 5.42. The molecule has 3 aromatic rings. The van der Waals surface area contributed by atoms with Crippen LogP contribution in [0.4, 0.5) is 5.69 Å². The number of carbonyl (C=O) groups is 1. The fraction of sp³-hybridized carbons (Fsp3) is 0.318. The second-order valence-electron chi connectivity index (χ2n) is 7.24. The van der Waals surface area contributed by atoms with E-state index in [1.165, 1.54) is 6.42 Å². The quantitative estimate of drug-likeness (QED) is 0.406. The number of nitrogens with one attached hydrogen (secondary N) is 1. The number of anilines is 1. The lowest BCUT2D eigenvalue weighted by atomic mass is 10.1. The maximum atomic E-state index is 12.9. The molecular formula is C22H23BrCl2N4O. The number of halogens is 3. The average Bonchev–Trinajstić information content (AvgIpc) is 2.88. The highest BCUT2D eigenvalue weighted by Crippen LogP contribution is 2.16. The van der Waals surface area contributed by atoms with Crippen molar-refractivity contribution in [2.45, 2.75) is 45.3 Å². The molecule has 2 heterocycles. The lowest BCUT2D eigenvalue weighted by Gasteiger charge is -2.07. The number of aromatic nitrogens is 3. The van der Waals surface area contributed by atoms with Crippen LogP contribution < -0.4 is 26.9 Å². The topological polar surface area (TPSA) is 50.8 Å². The number of aryl methyl sites for hydroxylation is 1. The van der Waals surface area contributed by atoms with Crippen LogP contribution in [0.15, 0.2) is 48.5 Å². The van der Waals surface area contributed by atoms with Crippen LogP contribution in [0.2, 0.25) is 10.0 Å². The van der Waals surface area contributed by atoms with Crippen molar-refractivity contribution in [2.24, 2.45) is 0 Å². The normalized spacial score (nSPS) is 13.1. The van der Waals surface area contributed by atoms with Crippen molar-refractivity contribution in [3.63, 3.8) is 0 Å². The molecule has 0 bridgehead atoms. The number of rotatable bonds is 6. The molecule has 0 fully saturated rings. The molecule has 0 radical (unpaired) electrons. The van der Waals surface area contributed by atoms with Gasteiger partial charge >= 0.3 is 0 Å². The van der Waals surface area contributed by atoms with Crippen LogP contribution in [0, 0.1) is 0 Å². The molecule has 0 spiro atoms. The molecule has 1 aromatic heterocycles. The molecule has 4 rings (SSSR count). The highest BCUT2D eigenvalue weighted by atomic mass is 79.9. The number of carbonyl (C=O) groups excluding carboxylic acids is 1. The molecule has 8 heteroatoms. The maximum Gasteiger partial charge on any atom is 0.297 e. The summed E-state index contributed by atoms with van der Waals surface area (Å²) in [5.41, 5.74) is 1.63. The van der Waals surface area contributed by atoms with Gasteiger partial charge in [0, 0.05) is 32.8 Å². The first-order valence-electron chi connectivity index (χ1n) is 9.87. The third-order valence-electron chi connectivity index (χ3n) is 5.19. The summed E-state index contributed by atoms with van der Waals surface area (Å²) in [5.74, 6) is 2.04. The zero-order chi connectivity index (χ0) is 20.2. The Bertz CT molecular complexity index is 1000. The van der Waals surface area contributed by atoms with E-state index in [4.69, 9.17) is 28.3 Å². The van der Waals surface area contributed by atoms with Gasteiger partial charge in [-0.25, -0.2) is 4.57 Å². The van der Waals surface area contributed by atoms with Crippen LogP contribution in [-0.4, -0.2) is 15.6 Å². The van der Waals surface area contributed by atoms with Crippen LogP contribution in [-0.2, 0) is 26.1 Å². The minimum absolute atomic E-state index is 0. The summed E-state index contributed by atoms with van der Waals surface area (Å²) in [5, 5.41) is 9.54. The number of Topliss-reactive ketones (excluding diaryl/α,β-unsaturated/α-hetero) is 1. The van der Waals surface area contributed by atoms with E-state index in [-0.39, 0.29) is 29.3 Å². The summed E-state index contributed by atoms with van der Waals surface area (Å²) < 4.78 is 4.15. The zero-order valence-electron chi connectivity index (χ0n) is 16.5. The number of fused-ring (bicyclic) bond motifs is 1. The first-order valence-corrected chi connectivity index (χ1v) is 10.6. The molecule has 1 aliphatic rings. The summed E-state index contributed by atoms with van der Waals surface area (Å²) in [7, 11) is 0. The predicted molar refractivity (Wildman–Crippen MR) is 115 cm³/mol. The first kappa shape index (κ1) is 22.8. The van der Waals surface area contributed by atoms with Crippen LogP contribution in [0.3, 0.4) is 0 Å². The monoisotopic (exact) mass is 508 g/mol. The second-order valence-corrected chi connectivity index (χ2v) is 8.12. The molecule has 0 saturated heterocycles. The lowest BCUT2D eigenvalue weighted by Crippen LogP contribution is -3.00. The van der Waals surface area contributed by atoms with Gasteiger partial charge in [-0.15, -0.1) is 4.68 Å². The van der Waals surface area contributed by atoms with E-state index in [2.05, 4.69) is 14.6 Å². The molecule has 1 N–H and O–H groups in total. The average molecular weight is 510 g/mol. The smallest absolute Gasteiger partial charge is 0.297 e. The Labute approximate surface area is 196 Å². The van der Waals surface area contributed by atoms with Gasteiger partial charge in [-0.2, -0.15) is 0 Å². The molecule has 1 aliphatic heterocycles. The Morgan fingerprint density at radius 2 is 1.67 bits per heavy atom. The van der Waals surface area contributed by atoms with Gasteiger partial charge in [-0.05, 0) is 67.8 Å². The van der Waals surface area contributed by atoms with Crippen molar-refractivity contribution in [1.29, 1.82) is 0 Å². The van der Waals surface area contributed by atoms with Crippen molar-refractivity contribution in [2.75, 3.05) is 5.32 Å². The Kier molecular flexibility index (Phi) is 7.92. The molecule has 0 aliphatic carbocycles. The number of hydrogen-bond acceptors (Lipinski definition) is 3. The van der Waals surface area contributed by atoms with Gasteiger partial charge in [-0.3, -0.25) is 4.79 Å². The highest BCUT2D eigenvalue weighted by Gasteiger charge is 2.28. The molecule has 2 aromatic carbocycles. The van der Waals surface area contributed by atoms with Gasteiger partial charge in [0.1, 0.15) is 19.6 Å². The summed E-state index contributed by atoms with van der Waals surface area (Å²) >= 11 is 11.9. The third-order valence-corrected chi connectivity index (χ3v) is 5.69. The summed E-state index contributed by atoms with van der Waals surface area (Å²) in [6.07, 6.45) is 4.35. The van der Waals surface area contributed by atoms with Gasteiger partial charge in [0.2, 0.25) is 5.82 Å². The van der Waals surface area contributed by atoms with Gasteiger partial charge in [0.05, 0.1) is 0 Å². The van der Waals surface area contributed by atoms with Crippen molar-refractivity contribution in [1.82, 2.24) is 9.78 Å². The Hall–Kier alpha value is -1.89. The Morgan fingerprint density at radius 3 is 2.37 bits per heavy atom. The minimum Gasteiger partial charge on any atom is -1.00 e. The molecule has 0 amide bonds. The minimum atomic E-state index is 0. The summed E-state index contributed by atoms with van der Waals surface area (Å²) in [4.78, 5) is 12.9. The fourth-order valence-corrected chi connectivity index (χ4v) is 3.89. The number of nitrogens with zero attached hydrogens (tertiary/aromatic N) is 3. The van der Waals surface area contributed by atoms with Crippen molar-refractivity contribution >= 4 is 34.7 Å². The van der Waals surface area contributed by atoms with E-state index in [1.54, 1.807) is 24.3 Å². The van der Waals surface area contributed by atoms with E-state index in [1.807, 2.05) is 24.3 Å². The molecule has 5 nitrogen and oxygen atoms in total. The van der Waals surface area contributed by atoms with E-state index in [0.717, 1.165) is 43.1 Å². The number of benzene rings is 2. The Balaban J connectivity index is 0.00000256. The molecule has 158 valence electrons. The SMILES string of the molecule is O=C(C[n+]1c(CNc2ccc(Cl)cc2)nn2c1CCCCC2)c1ccc(Cl)cc1.[Br-]. The van der Waals surface area contributed by atoms with E-state index < -0.39 is 0 Å². The van der Waals surface area contributed by atoms with Gasteiger partial charge in [-0.1, -0.05) is 23.2 Å². The van der Waals surface area contributed by atoms with Crippen molar-refractivity contribution in [3.05, 3.63) is 75.8 Å². The fourth-order valence-electron chi connectivity index (χ4n) is 3.64. The second kappa shape index (κ2) is 10.4. The van der Waals surface area contributed by atoms with Gasteiger partial charge < -0.3 is 22.3 Å². The van der Waals surface area contributed by atoms with Crippen LogP contribution in [0.25, 0.3) is 0 Å². The highest BCUT2D eigenvalue weighted by molar-refractivity contribution is 6.30. The standard InChI is InChI=1S/C22H23Cl2N4O.BrH/c23-17-7-5-16(6-8-17)20(29)15-27-21(14-25-19-11-9-18(24)10-12-19)26-28-13-3-1-2-4-22(27)28;/h5-12,25H,1-4,13-15H2;1H/q+1;/p-1. The molecule has 0 unspecified atom stereocenters. The van der Waals surface area contributed by atoms with E-state index in [9.17, 15) is 4.79 Å². The van der Waals surface area contributed by atoms with E-state index in [0.29, 0.717) is 22.2 Å². The molecule has 30 heavy (non-hydrogen) atoms. The Morgan fingerprint density at radius 1 is 1.00 bits per heavy atom. The number of ketones is 1. The molecule has 0 saturated carbocycles. The van der Waals surface area contributed by atoms with Crippen LogP contribution >= 0.6 is 23.2 Å². The van der Waals surface area contributed by atoms with Gasteiger partial charge in [0.15, 0.2) is 5.78 Å². The molecular weight excluding hydrogens is 487 g/mol. The molecule has 0 atom stereocenters. The van der Waals surface area contributed by atoms with Crippen molar-refractivity contribution in [3.8, 4) is 0 Å². The predicted octanol–water partition coefficient (Wildman–Crippen LogP) is 1.70. The van der Waals surface area contributed by atoms with E-state index >= 15 is 0 Å². The maximum absolute atomic E-state index is 12.9. The van der Waals surface area contributed by atoms with Gasteiger partial charge in [0.25, 0.3) is 5.82 Å². The van der Waals surface area contributed by atoms with Crippen LogP contribution in [0.1, 0.15) is 41.3 Å². The van der Waals surface area contributed by atoms with Crippen LogP contribution in [0.5, 0.6) is 0 Å². The summed E-state index contributed by atoms with van der Waals surface area (Å²) in [6, 6.07) is 14.6.